The van der Waals surface area contributed by atoms with E-state index in [9.17, 15) is 4.79 Å². The van der Waals surface area contributed by atoms with Crippen LogP contribution in [0.5, 0.6) is 5.75 Å². The summed E-state index contributed by atoms with van der Waals surface area (Å²) in [5.41, 5.74) is 2.32. The van der Waals surface area contributed by atoms with Crippen molar-refractivity contribution >= 4 is 40.2 Å². The average Bonchev–Trinajstić information content (AvgIpc) is 2.82. The number of carbonyl (C=O) groups is 1. The van der Waals surface area contributed by atoms with Gasteiger partial charge in [0.05, 0.1) is 33.6 Å². The van der Waals surface area contributed by atoms with Crippen LogP contribution in [0.3, 0.4) is 0 Å². The molecule has 5 nitrogen and oxygen atoms in total. The Hall–Kier alpha value is -1.79. The van der Waals surface area contributed by atoms with Gasteiger partial charge in [0, 0.05) is 11.4 Å². The van der Waals surface area contributed by atoms with Crippen LogP contribution in [0.25, 0.3) is 0 Å². The lowest BCUT2D eigenvalue weighted by molar-refractivity contribution is -0.118. The Labute approximate surface area is 124 Å². The first-order chi connectivity index (χ1) is 9.61. The number of halogens is 1. The van der Waals surface area contributed by atoms with Crippen molar-refractivity contribution in [3.63, 3.8) is 0 Å². The van der Waals surface area contributed by atoms with Crippen molar-refractivity contribution in [1.82, 2.24) is 4.98 Å². The maximum atomic E-state index is 11.2. The highest BCUT2D eigenvalue weighted by Crippen LogP contribution is 2.36. The first-order valence-corrected chi connectivity index (χ1v) is 7.28. The second-order valence-corrected chi connectivity index (χ2v) is 5.85. The van der Waals surface area contributed by atoms with Crippen molar-refractivity contribution in [1.29, 1.82) is 0 Å². The van der Waals surface area contributed by atoms with E-state index in [2.05, 4.69) is 15.6 Å². The molecule has 0 saturated heterocycles. The maximum Gasteiger partial charge on any atom is 0.262 e. The summed E-state index contributed by atoms with van der Waals surface area (Å²) in [5, 5.41) is 9.51. The van der Waals surface area contributed by atoms with E-state index in [0.717, 1.165) is 16.4 Å². The normalized spacial score (nSPS) is 13.4. The smallest absolute Gasteiger partial charge is 0.262 e. The largest absolute Gasteiger partial charge is 0.482 e. The molecule has 1 amide bonds. The number of ether oxygens (including phenoxy) is 1. The number of benzene rings is 1. The Morgan fingerprint density at radius 1 is 1.55 bits per heavy atom. The van der Waals surface area contributed by atoms with E-state index >= 15 is 0 Å². The highest BCUT2D eigenvalue weighted by Gasteiger charge is 2.18. The summed E-state index contributed by atoms with van der Waals surface area (Å²) in [7, 11) is 0. The molecule has 0 saturated carbocycles. The third-order valence-corrected chi connectivity index (χ3v) is 3.96. The number of carbonyl (C=O) groups excluding carboxylic acids is 1. The molecule has 3 rings (SSSR count). The van der Waals surface area contributed by atoms with Gasteiger partial charge < -0.3 is 15.4 Å². The number of thiazole rings is 1. The van der Waals surface area contributed by atoms with E-state index in [1.165, 1.54) is 0 Å². The van der Waals surface area contributed by atoms with Gasteiger partial charge in [-0.25, -0.2) is 4.98 Å². The zero-order chi connectivity index (χ0) is 14.1. The monoisotopic (exact) mass is 309 g/mol. The number of anilines is 2. The van der Waals surface area contributed by atoms with E-state index in [1.807, 2.05) is 12.3 Å². The zero-order valence-corrected chi connectivity index (χ0v) is 12.3. The first-order valence-electron chi connectivity index (χ1n) is 6.03. The number of fused-ring (bicyclic) bond motifs is 1. The Bertz CT molecular complexity index is 672. The highest BCUT2D eigenvalue weighted by atomic mass is 35.5. The van der Waals surface area contributed by atoms with Crippen molar-refractivity contribution in [2.45, 2.75) is 13.5 Å². The molecule has 1 aromatic carbocycles. The van der Waals surface area contributed by atoms with Crippen LogP contribution < -0.4 is 15.4 Å². The number of hydrogen-bond donors (Lipinski definition) is 2. The summed E-state index contributed by atoms with van der Waals surface area (Å²) in [5.74, 6) is 0.443. The molecular weight excluding hydrogens is 298 g/mol. The van der Waals surface area contributed by atoms with Gasteiger partial charge >= 0.3 is 0 Å². The molecular formula is C13H12ClN3O2S. The van der Waals surface area contributed by atoms with Gasteiger partial charge in [-0.1, -0.05) is 11.6 Å². The van der Waals surface area contributed by atoms with E-state index in [1.54, 1.807) is 23.5 Å². The van der Waals surface area contributed by atoms with Gasteiger partial charge in [-0.15, -0.1) is 11.3 Å². The molecule has 1 aliphatic rings. The molecule has 0 aliphatic carbocycles. The van der Waals surface area contributed by atoms with Crippen molar-refractivity contribution in [2.75, 3.05) is 17.2 Å². The van der Waals surface area contributed by atoms with Crippen molar-refractivity contribution < 1.29 is 9.53 Å². The topological polar surface area (TPSA) is 63.2 Å². The molecule has 2 aromatic rings. The van der Waals surface area contributed by atoms with Gasteiger partial charge in [0.1, 0.15) is 5.75 Å². The summed E-state index contributed by atoms with van der Waals surface area (Å²) in [6.45, 7) is 2.59. The van der Waals surface area contributed by atoms with Crippen LogP contribution in [0.4, 0.5) is 11.4 Å². The molecule has 7 heteroatoms. The molecule has 1 aromatic heterocycles. The van der Waals surface area contributed by atoms with E-state index in [-0.39, 0.29) is 12.5 Å². The molecule has 104 valence electrons. The van der Waals surface area contributed by atoms with Gasteiger partial charge in [0.15, 0.2) is 6.61 Å². The third-order valence-electron chi connectivity index (χ3n) is 2.83. The molecule has 1 aliphatic heterocycles. The molecule has 2 N–H and O–H groups in total. The van der Waals surface area contributed by atoms with Crippen LogP contribution in [-0.4, -0.2) is 17.5 Å². The number of aromatic nitrogens is 1. The van der Waals surface area contributed by atoms with E-state index in [0.29, 0.717) is 23.0 Å². The number of nitrogens with zero attached hydrogens (tertiary/aromatic N) is 1. The van der Waals surface area contributed by atoms with Crippen molar-refractivity contribution in [3.05, 3.63) is 33.2 Å². The number of amides is 1. The minimum absolute atomic E-state index is 0.0271. The van der Waals surface area contributed by atoms with Crippen LogP contribution in [0.1, 0.15) is 10.7 Å². The Kier molecular flexibility index (Phi) is 3.50. The quantitative estimate of drug-likeness (QED) is 0.914. The Morgan fingerprint density at radius 2 is 2.40 bits per heavy atom. The lowest BCUT2D eigenvalue weighted by Crippen LogP contribution is -2.25. The van der Waals surface area contributed by atoms with Gasteiger partial charge in [0.2, 0.25) is 0 Å². The van der Waals surface area contributed by atoms with Crippen LogP contribution in [0.15, 0.2) is 17.5 Å². The molecule has 0 fully saturated rings. The fourth-order valence-electron chi connectivity index (χ4n) is 1.91. The molecule has 0 atom stereocenters. The second kappa shape index (κ2) is 5.30. The van der Waals surface area contributed by atoms with Crippen LogP contribution >= 0.6 is 22.9 Å². The maximum absolute atomic E-state index is 11.2. The number of aryl methyl sites for hydroxylation is 1. The number of hydrogen-bond acceptors (Lipinski definition) is 5. The molecule has 2 heterocycles. The second-order valence-electron chi connectivity index (χ2n) is 4.38. The van der Waals surface area contributed by atoms with E-state index < -0.39 is 0 Å². The number of rotatable bonds is 3. The fraction of sp³-hybridized carbons (Fsp3) is 0.231. The Balaban J connectivity index is 1.78. The molecule has 0 bridgehead atoms. The minimum atomic E-state index is -0.174. The standard InChI is InChI=1S/C13H12ClN3O2S/c1-7-16-8(6-20-7)4-15-10-3-12-11(2-9(10)14)17-13(18)5-19-12/h2-3,6,15H,4-5H2,1H3,(H,17,18). The Morgan fingerprint density at radius 3 is 3.15 bits per heavy atom. The van der Waals surface area contributed by atoms with Gasteiger partial charge in [-0.05, 0) is 13.0 Å². The lowest BCUT2D eigenvalue weighted by Gasteiger charge is -2.19. The molecule has 0 spiro atoms. The molecule has 0 unspecified atom stereocenters. The summed E-state index contributed by atoms with van der Waals surface area (Å²) < 4.78 is 5.36. The predicted molar refractivity (Wildman–Crippen MR) is 79.8 cm³/mol. The summed E-state index contributed by atoms with van der Waals surface area (Å²) in [4.78, 5) is 15.6. The van der Waals surface area contributed by atoms with Crippen LogP contribution in [0.2, 0.25) is 5.02 Å². The first kappa shape index (κ1) is 13.2. The number of nitrogens with one attached hydrogen (secondary N) is 2. The van der Waals surface area contributed by atoms with Crippen LogP contribution in [0, 0.1) is 6.92 Å². The SMILES string of the molecule is Cc1nc(CNc2cc3c(cc2Cl)NC(=O)CO3)cs1. The molecule has 0 radical (unpaired) electrons. The summed E-state index contributed by atoms with van der Waals surface area (Å²) >= 11 is 7.80. The zero-order valence-electron chi connectivity index (χ0n) is 10.7. The van der Waals surface area contributed by atoms with E-state index in [4.69, 9.17) is 16.3 Å². The van der Waals surface area contributed by atoms with Crippen molar-refractivity contribution in [3.8, 4) is 5.75 Å². The average molecular weight is 310 g/mol. The fourth-order valence-corrected chi connectivity index (χ4v) is 2.75. The summed E-state index contributed by atoms with van der Waals surface area (Å²) in [6, 6.07) is 3.47. The minimum Gasteiger partial charge on any atom is -0.482 e. The lowest BCUT2D eigenvalue weighted by atomic mass is 10.2. The van der Waals surface area contributed by atoms with Gasteiger partial charge in [0.25, 0.3) is 5.91 Å². The summed E-state index contributed by atoms with van der Waals surface area (Å²) in [6.07, 6.45) is 0. The molecule has 20 heavy (non-hydrogen) atoms. The van der Waals surface area contributed by atoms with Gasteiger partial charge in [-0.2, -0.15) is 0 Å². The van der Waals surface area contributed by atoms with Crippen LogP contribution in [-0.2, 0) is 11.3 Å². The predicted octanol–water partition coefficient (Wildman–Crippen LogP) is 3.05. The van der Waals surface area contributed by atoms with Gasteiger partial charge in [-0.3, -0.25) is 4.79 Å². The van der Waals surface area contributed by atoms with Crippen molar-refractivity contribution in [2.24, 2.45) is 0 Å². The third kappa shape index (κ3) is 2.71. The highest BCUT2D eigenvalue weighted by molar-refractivity contribution is 7.09.